The molecule has 2 aromatic carbocycles. The van der Waals surface area contributed by atoms with Gasteiger partial charge in [-0.2, -0.15) is 0 Å². The Morgan fingerprint density at radius 1 is 1.09 bits per heavy atom. The molecule has 0 aliphatic heterocycles. The zero-order valence-electron chi connectivity index (χ0n) is 12.7. The Balaban J connectivity index is 2.07. The van der Waals surface area contributed by atoms with Crippen LogP contribution in [0.1, 0.15) is 5.56 Å². The van der Waals surface area contributed by atoms with Crippen LogP contribution in [0.25, 0.3) is 22.0 Å². The fourth-order valence-electron chi connectivity index (χ4n) is 2.64. The molecule has 0 spiro atoms. The predicted octanol–water partition coefficient (Wildman–Crippen LogP) is 4.73. The summed E-state index contributed by atoms with van der Waals surface area (Å²) in [7, 11) is 4.11. The van der Waals surface area contributed by atoms with Crippen LogP contribution in [-0.2, 0) is 6.42 Å². The van der Waals surface area contributed by atoms with Crippen molar-refractivity contribution in [2.24, 2.45) is 0 Å². The van der Waals surface area contributed by atoms with Crippen LogP contribution in [-0.4, -0.2) is 30.5 Å². The highest BCUT2D eigenvalue weighted by atomic mass is 35.5. The number of hydrogen-bond acceptors (Lipinski definition) is 1. The van der Waals surface area contributed by atoms with Crippen molar-refractivity contribution in [1.82, 2.24) is 9.88 Å². The van der Waals surface area contributed by atoms with Gasteiger partial charge in [0.05, 0.1) is 5.02 Å². The van der Waals surface area contributed by atoms with E-state index in [9.17, 15) is 4.39 Å². The summed E-state index contributed by atoms with van der Waals surface area (Å²) in [4.78, 5) is 5.43. The molecular formula is C18H18ClFN2. The van der Waals surface area contributed by atoms with Crippen LogP contribution >= 0.6 is 11.6 Å². The van der Waals surface area contributed by atoms with Gasteiger partial charge in [0.25, 0.3) is 0 Å². The number of H-pyrrole nitrogens is 1. The van der Waals surface area contributed by atoms with E-state index in [1.54, 1.807) is 12.1 Å². The minimum atomic E-state index is -0.241. The van der Waals surface area contributed by atoms with E-state index in [0.717, 1.165) is 40.0 Å². The first-order valence-corrected chi connectivity index (χ1v) is 7.63. The number of aromatic amines is 1. The lowest BCUT2D eigenvalue weighted by Crippen LogP contribution is -2.14. The molecule has 0 atom stereocenters. The Kier molecular flexibility index (Phi) is 4.19. The molecule has 0 saturated carbocycles. The van der Waals surface area contributed by atoms with E-state index >= 15 is 0 Å². The van der Waals surface area contributed by atoms with Crippen molar-refractivity contribution in [3.63, 3.8) is 0 Å². The maximum absolute atomic E-state index is 13.1. The Bertz CT molecular complexity index is 791. The molecule has 0 unspecified atom stereocenters. The van der Waals surface area contributed by atoms with E-state index in [1.165, 1.54) is 17.7 Å². The van der Waals surface area contributed by atoms with Crippen LogP contribution in [0.2, 0.25) is 5.02 Å². The topological polar surface area (TPSA) is 19.0 Å². The zero-order valence-corrected chi connectivity index (χ0v) is 13.4. The summed E-state index contributed by atoms with van der Waals surface area (Å²) < 4.78 is 13.1. The summed E-state index contributed by atoms with van der Waals surface area (Å²) in [5.41, 5.74) is 4.09. The van der Waals surface area contributed by atoms with Gasteiger partial charge in [0.2, 0.25) is 0 Å². The maximum Gasteiger partial charge on any atom is 0.123 e. The second kappa shape index (κ2) is 6.11. The van der Waals surface area contributed by atoms with Gasteiger partial charge in [0, 0.05) is 29.2 Å². The van der Waals surface area contributed by atoms with Crippen molar-refractivity contribution in [3.8, 4) is 11.1 Å². The molecule has 0 radical (unpaired) electrons. The maximum atomic E-state index is 13.1. The molecule has 2 nitrogen and oxygen atoms in total. The second-order valence-corrected chi connectivity index (χ2v) is 6.10. The highest BCUT2D eigenvalue weighted by Gasteiger charge is 2.13. The van der Waals surface area contributed by atoms with Crippen LogP contribution in [0.4, 0.5) is 4.39 Å². The zero-order chi connectivity index (χ0) is 15.7. The van der Waals surface area contributed by atoms with Gasteiger partial charge in [0.15, 0.2) is 0 Å². The van der Waals surface area contributed by atoms with Crippen LogP contribution in [0.5, 0.6) is 0 Å². The molecule has 0 aliphatic carbocycles. The van der Waals surface area contributed by atoms with Crippen molar-refractivity contribution in [2.45, 2.75) is 6.42 Å². The summed E-state index contributed by atoms with van der Waals surface area (Å²) in [6.45, 7) is 0.962. The van der Waals surface area contributed by atoms with Crippen molar-refractivity contribution < 1.29 is 4.39 Å². The Morgan fingerprint density at radius 2 is 1.82 bits per heavy atom. The molecule has 22 heavy (non-hydrogen) atoms. The van der Waals surface area contributed by atoms with Crippen molar-refractivity contribution in [2.75, 3.05) is 20.6 Å². The van der Waals surface area contributed by atoms with Crippen molar-refractivity contribution >= 4 is 22.5 Å². The molecule has 1 N–H and O–H groups in total. The summed E-state index contributed by atoms with van der Waals surface area (Å²) in [6.07, 6.45) is 2.95. The number of benzene rings is 2. The Hall–Kier alpha value is -1.84. The average molecular weight is 317 g/mol. The normalized spacial score (nSPS) is 11.5. The fraction of sp³-hybridized carbons (Fsp3) is 0.222. The van der Waals surface area contributed by atoms with Gasteiger partial charge >= 0.3 is 0 Å². The average Bonchev–Trinajstić information content (AvgIpc) is 2.91. The third kappa shape index (κ3) is 2.87. The summed E-state index contributed by atoms with van der Waals surface area (Å²) in [5.74, 6) is -0.241. The fourth-order valence-corrected chi connectivity index (χ4v) is 3.04. The number of hydrogen-bond donors (Lipinski definition) is 1. The van der Waals surface area contributed by atoms with Gasteiger partial charge in [-0.25, -0.2) is 4.39 Å². The quantitative estimate of drug-likeness (QED) is 0.737. The molecule has 0 amide bonds. The van der Waals surface area contributed by atoms with E-state index in [2.05, 4.69) is 24.0 Å². The molecule has 4 heteroatoms. The van der Waals surface area contributed by atoms with Gasteiger partial charge in [-0.3, -0.25) is 0 Å². The highest BCUT2D eigenvalue weighted by Crippen LogP contribution is 2.36. The molecule has 0 bridgehead atoms. The van der Waals surface area contributed by atoms with Crippen molar-refractivity contribution in [1.29, 1.82) is 0 Å². The number of nitrogens with zero attached hydrogens (tertiary/aromatic N) is 1. The SMILES string of the molecule is CN(C)CCc1c[nH]c2ccc(-c3ccc(F)cc3)c(Cl)c12. The lowest BCUT2D eigenvalue weighted by atomic mass is 10.0. The third-order valence-electron chi connectivity index (χ3n) is 3.85. The van der Waals surface area contributed by atoms with Gasteiger partial charge < -0.3 is 9.88 Å². The number of halogens is 2. The van der Waals surface area contributed by atoms with Crippen LogP contribution in [0, 0.1) is 5.82 Å². The molecule has 114 valence electrons. The molecule has 3 aromatic rings. The van der Waals surface area contributed by atoms with Gasteiger partial charge in [-0.05, 0) is 49.8 Å². The number of rotatable bonds is 4. The monoisotopic (exact) mass is 316 g/mol. The molecule has 1 heterocycles. The lowest BCUT2D eigenvalue weighted by molar-refractivity contribution is 0.414. The minimum absolute atomic E-state index is 0.241. The van der Waals surface area contributed by atoms with E-state index in [1.807, 2.05) is 18.3 Å². The van der Waals surface area contributed by atoms with E-state index in [4.69, 9.17) is 11.6 Å². The molecular weight excluding hydrogens is 299 g/mol. The van der Waals surface area contributed by atoms with Crippen molar-refractivity contribution in [3.05, 3.63) is 59.0 Å². The number of nitrogens with one attached hydrogen (secondary N) is 1. The first-order chi connectivity index (χ1) is 10.6. The van der Waals surface area contributed by atoms with E-state index in [0.29, 0.717) is 0 Å². The summed E-state index contributed by atoms with van der Waals surface area (Å²) >= 11 is 6.65. The van der Waals surface area contributed by atoms with E-state index in [-0.39, 0.29) is 5.82 Å². The first kappa shape index (κ1) is 15.1. The van der Waals surface area contributed by atoms with Crippen LogP contribution in [0.15, 0.2) is 42.6 Å². The molecule has 0 fully saturated rings. The molecule has 0 saturated heterocycles. The molecule has 1 aromatic heterocycles. The smallest absolute Gasteiger partial charge is 0.123 e. The van der Waals surface area contributed by atoms with Crippen LogP contribution < -0.4 is 0 Å². The van der Waals surface area contributed by atoms with Gasteiger partial charge in [0.1, 0.15) is 5.82 Å². The molecule has 0 aliphatic rings. The van der Waals surface area contributed by atoms with Crippen LogP contribution in [0.3, 0.4) is 0 Å². The predicted molar refractivity (Wildman–Crippen MR) is 91.0 cm³/mol. The number of fused-ring (bicyclic) bond motifs is 1. The van der Waals surface area contributed by atoms with Gasteiger partial charge in [-0.1, -0.05) is 29.8 Å². The van der Waals surface area contributed by atoms with E-state index < -0.39 is 0 Å². The minimum Gasteiger partial charge on any atom is -0.361 e. The Morgan fingerprint density at radius 3 is 2.50 bits per heavy atom. The van der Waals surface area contributed by atoms with Gasteiger partial charge in [-0.15, -0.1) is 0 Å². The summed E-state index contributed by atoms with van der Waals surface area (Å²) in [5, 5.41) is 1.78. The highest BCUT2D eigenvalue weighted by molar-refractivity contribution is 6.38. The number of aromatic nitrogens is 1. The number of likely N-dealkylation sites (N-methyl/N-ethyl adjacent to an activating group) is 1. The first-order valence-electron chi connectivity index (χ1n) is 7.25. The second-order valence-electron chi connectivity index (χ2n) is 5.72. The largest absolute Gasteiger partial charge is 0.361 e. The summed E-state index contributed by atoms with van der Waals surface area (Å²) in [6, 6.07) is 10.4. The lowest BCUT2D eigenvalue weighted by Gasteiger charge is -2.10. The standard InChI is InChI=1S/C18H18ClFN2/c1-22(2)10-9-13-11-21-16-8-7-15(18(19)17(13)16)12-3-5-14(20)6-4-12/h3-8,11,21H,9-10H2,1-2H3. The third-order valence-corrected chi connectivity index (χ3v) is 4.24. The molecule has 3 rings (SSSR count). The Labute approximate surface area is 134 Å².